The summed E-state index contributed by atoms with van der Waals surface area (Å²) in [4.78, 5) is 6.80. The van der Waals surface area contributed by atoms with Crippen molar-refractivity contribution in [1.29, 1.82) is 0 Å². The first-order chi connectivity index (χ1) is 12.7. The van der Waals surface area contributed by atoms with Gasteiger partial charge in [-0.15, -0.1) is 0 Å². The summed E-state index contributed by atoms with van der Waals surface area (Å²) in [6.45, 7) is 4.12. The highest BCUT2D eigenvalue weighted by Crippen LogP contribution is 2.29. The average Bonchev–Trinajstić information content (AvgIpc) is 3.19. The van der Waals surface area contributed by atoms with Crippen molar-refractivity contribution < 1.29 is 13.7 Å². The Kier molecular flexibility index (Phi) is 4.77. The Hall–Kier alpha value is -2.57. The van der Waals surface area contributed by atoms with Crippen LogP contribution in [-0.4, -0.2) is 34.7 Å². The smallest absolute Gasteiger partial charge is 0.244 e. The van der Waals surface area contributed by atoms with E-state index in [2.05, 4.69) is 22.0 Å². The lowest BCUT2D eigenvalue weighted by molar-refractivity contribution is -0.0469. The Morgan fingerprint density at radius 1 is 1.12 bits per heavy atom. The van der Waals surface area contributed by atoms with Crippen molar-refractivity contribution >= 4 is 0 Å². The summed E-state index contributed by atoms with van der Waals surface area (Å²) in [5, 5.41) is 4.10. The number of hydrogen-bond acceptors (Lipinski definition) is 5. The van der Waals surface area contributed by atoms with E-state index >= 15 is 0 Å². The molecular weight excluding hydrogens is 333 g/mol. The minimum atomic E-state index is -0.242. The molecular formula is C20H20FN3O2. The highest BCUT2D eigenvalue weighted by Gasteiger charge is 2.29. The molecule has 1 aromatic heterocycles. The first-order valence-corrected chi connectivity index (χ1v) is 8.71. The van der Waals surface area contributed by atoms with E-state index in [-0.39, 0.29) is 18.0 Å². The maximum atomic E-state index is 13.1. The Balaban J connectivity index is 1.48. The van der Waals surface area contributed by atoms with Crippen LogP contribution < -0.4 is 0 Å². The van der Waals surface area contributed by atoms with E-state index in [9.17, 15) is 4.39 Å². The van der Waals surface area contributed by atoms with Crippen LogP contribution >= 0.6 is 0 Å². The van der Waals surface area contributed by atoms with Crippen LogP contribution in [0, 0.1) is 5.82 Å². The molecule has 0 radical (unpaired) electrons. The van der Waals surface area contributed by atoms with Crippen molar-refractivity contribution in [3.05, 3.63) is 71.9 Å². The third-order valence-corrected chi connectivity index (χ3v) is 4.72. The number of benzene rings is 2. The van der Waals surface area contributed by atoms with Gasteiger partial charge in [0.15, 0.2) is 0 Å². The van der Waals surface area contributed by atoms with Gasteiger partial charge in [-0.1, -0.05) is 47.6 Å². The summed E-state index contributed by atoms with van der Waals surface area (Å²) < 4.78 is 24.5. The minimum Gasteiger partial charge on any atom is -0.371 e. The minimum absolute atomic E-state index is 0.0215. The average molecular weight is 353 g/mol. The van der Waals surface area contributed by atoms with Crippen LogP contribution in [0.4, 0.5) is 4.39 Å². The standard InChI is InChI=1S/C20H20FN3O2/c1-14(20-22-19(23-26-20)16-5-3-2-4-6-16)24-11-12-25-18(13-24)15-7-9-17(21)10-8-15/h2-10,14,18H,11-13H2,1H3/t14-,18+/m0/s1. The summed E-state index contributed by atoms with van der Waals surface area (Å²) in [5.41, 5.74) is 1.90. The largest absolute Gasteiger partial charge is 0.371 e. The van der Waals surface area contributed by atoms with Crippen LogP contribution in [0.1, 0.15) is 30.5 Å². The molecule has 0 aliphatic carbocycles. The summed E-state index contributed by atoms with van der Waals surface area (Å²) >= 11 is 0. The van der Waals surface area contributed by atoms with Gasteiger partial charge in [0.25, 0.3) is 0 Å². The zero-order valence-corrected chi connectivity index (χ0v) is 14.5. The van der Waals surface area contributed by atoms with E-state index in [1.54, 1.807) is 12.1 Å². The van der Waals surface area contributed by atoms with Gasteiger partial charge in [0.2, 0.25) is 11.7 Å². The lowest BCUT2D eigenvalue weighted by Crippen LogP contribution is -2.40. The first-order valence-electron chi connectivity index (χ1n) is 8.71. The molecule has 134 valence electrons. The first kappa shape index (κ1) is 16.9. The summed E-state index contributed by atoms with van der Waals surface area (Å²) in [5.74, 6) is 0.938. The molecule has 1 aliphatic rings. The Bertz CT molecular complexity index is 851. The number of morpholine rings is 1. The van der Waals surface area contributed by atoms with Crippen LogP contribution in [0.5, 0.6) is 0 Å². The van der Waals surface area contributed by atoms with Crippen LogP contribution in [0.3, 0.4) is 0 Å². The summed E-state index contributed by atoms with van der Waals surface area (Å²) in [6.07, 6.45) is -0.0942. The van der Waals surface area contributed by atoms with E-state index in [0.29, 0.717) is 24.9 Å². The van der Waals surface area contributed by atoms with Gasteiger partial charge in [0.1, 0.15) is 5.82 Å². The predicted octanol–water partition coefficient (Wildman–Crippen LogP) is 4.01. The molecule has 0 unspecified atom stereocenters. The van der Waals surface area contributed by atoms with Gasteiger partial charge in [0.05, 0.1) is 18.8 Å². The van der Waals surface area contributed by atoms with Crippen molar-refractivity contribution in [2.45, 2.75) is 19.1 Å². The summed E-state index contributed by atoms with van der Waals surface area (Å²) in [6, 6.07) is 16.2. The Morgan fingerprint density at radius 2 is 1.88 bits per heavy atom. The normalized spacial score (nSPS) is 19.4. The third-order valence-electron chi connectivity index (χ3n) is 4.72. The van der Waals surface area contributed by atoms with E-state index in [4.69, 9.17) is 9.26 Å². The lowest BCUT2D eigenvalue weighted by atomic mass is 10.1. The highest BCUT2D eigenvalue weighted by atomic mass is 19.1. The fourth-order valence-corrected chi connectivity index (χ4v) is 3.17. The topological polar surface area (TPSA) is 51.4 Å². The zero-order valence-electron chi connectivity index (χ0n) is 14.5. The second-order valence-electron chi connectivity index (χ2n) is 6.40. The SMILES string of the molecule is C[C@@H](c1nc(-c2ccccc2)no1)N1CCO[C@@H](c2ccc(F)cc2)C1. The molecule has 1 aliphatic heterocycles. The van der Waals surface area contributed by atoms with Gasteiger partial charge in [-0.05, 0) is 24.6 Å². The second-order valence-corrected chi connectivity index (χ2v) is 6.40. The quantitative estimate of drug-likeness (QED) is 0.709. The maximum Gasteiger partial charge on any atom is 0.244 e. The molecule has 6 heteroatoms. The van der Waals surface area contributed by atoms with Crippen LogP contribution in [-0.2, 0) is 4.74 Å². The van der Waals surface area contributed by atoms with Crippen molar-refractivity contribution in [3.8, 4) is 11.4 Å². The molecule has 0 bridgehead atoms. The van der Waals surface area contributed by atoms with E-state index < -0.39 is 0 Å². The lowest BCUT2D eigenvalue weighted by Gasteiger charge is -2.35. The number of halogens is 1. The van der Waals surface area contributed by atoms with Gasteiger partial charge in [-0.3, -0.25) is 4.90 Å². The second kappa shape index (κ2) is 7.35. The molecule has 1 fully saturated rings. The van der Waals surface area contributed by atoms with Gasteiger partial charge in [-0.2, -0.15) is 4.98 Å². The predicted molar refractivity (Wildman–Crippen MR) is 94.8 cm³/mol. The maximum absolute atomic E-state index is 13.1. The molecule has 0 amide bonds. The number of ether oxygens (including phenoxy) is 1. The van der Waals surface area contributed by atoms with Gasteiger partial charge >= 0.3 is 0 Å². The van der Waals surface area contributed by atoms with Crippen molar-refractivity contribution in [2.75, 3.05) is 19.7 Å². The van der Waals surface area contributed by atoms with Gasteiger partial charge < -0.3 is 9.26 Å². The summed E-state index contributed by atoms with van der Waals surface area (Å²) in [7, 11) is 0. The zero-order chi connectivity index (χ0) is 17.9. The molecule has 2 heterocycles. The Morgan fingerprint density at radius 3 is 2.65 bits per heavy atom. The molecule has 4 rings (SSSR count). The highest BCUT2D eigenvalue weighted by molar-refractivity contribution is 5.53. The molecule has 2 atom stereocenters. The van der Waals surface area contributed by atoms with Crippen molar-refractivity contribution in [1.82, 2.24) is 15.0 Å². The number of aromatic nitrogens is 2. The van der Waals surface area contributed by atoms with Gasteiger partial charge in [-0.25, -0.2) is 4.39 Å². The number of hydrogen-bond donors (Lipinski definition) is 0. The molecule has 3 aromatic rings. The molecule has 2 aromatic carbocycles. The molecule has 1 saturated heterocycles. The Labute approximate surface area is 151 Å². The van der Waals surface area contributed by atoms with Crippen LogP contribution in [0.2, 0.25) is 0 Å². The number of nitrogens with zero attached hydrogens (tertiary/aromatic N) is 3. The number of rotatable bonds is 4. The van der Waals surface area contributed by atoms with Crippen molar-refractivity contribution in [3.63, 3.8) is 0 Å². The monoisotopic (exact) mass is 353 g/mol. The van der Waals surface area contributed by atoms with Gasteiger partial charge in [0, 0.05) is 18.7 Å². The molecule has 5 nitrogen and oxygen atoms in total. The molecule has 0 spiro atoms. The van der Waals surface area contributed by atoms with Crippen LogP contribution in [0.25, 0.3) is 11.4 Å². The van der Waals surface area contributed by atoms with E-state index in [1.165, 1.54) is 12.1 Å². The molecule has 0 saturated carbocycles. The fourth-order valence-electron chi connectivity index (χ4n) is 3.17. The van der Waals surface area contributed by atoms with Crippen LogP contribution in [0.15, 0.2) is 59.1 Å². The third kappa shape index (κ3) is 3.52. The molecule has 26 heavy (non-hydrogen) atoms. The van der Waals surface area contributed by atoms with E-state index in [0.717, 1.165) is 17.7 Å². The molecule has 0 N–H and O–H groups in total. The van der Waals surface area contributed by atoms with Crippen molar-refractivity contribution in [2.24, 2.45) is 0 Å². The van der Waals surface area contributed by atoms with E-state index in [1.807, 2.05) is 30.3 Å². The fraction of sp³-hybridized carbons (Fsp3) is 0.300.